The fraction of sp³-hybridized carbons (Fsp3) is 0.400. The summed E-state index contributed by atoms with van der Waals surface area (Å²) in [5, 5.41) is 12.4. The fourth-order valence-corrected chi connectivity index (χ4v) is 0.963. The molecule has 4 N–H and O–H groups in total. The number of aliphatic hydroxyl groups excluding tert-OH is 1. The van der Waals surface area contributed by atoms with Crippen molar-refractivity contribution in [3.05, 3.63) is 24.3 Å². The SMILES string of the molecule is CC(O)C(C)Nc1ccc(N)cc1. The lowest BCUT2D eigenvalue weighted by atomic mass is 10.2. The molecule has 1 aromatic rings. The highest BCUT2D eigenvalue weighted by Crippen LogP contribution is 2.12. The van der Waals surface area contributed by atoms with Crippen LogP contribution in [-0.4, -0.2) is 17.3 Å². The highest BCUT2D eigenvalue weighted by molar-refractivity contribution is 5.51. The van der Waals surface area contributed by atoms with Crippen molar-refractivity contribution in [1.29, 1.82) is 0 Å². The Balaban J connectivity index is 2.59. The quantitative estimate of drug-likeness (QED) is 0.617. The van der Waals surface area contributed by atoms with Crippen LogP contribution in [0.5, 0.6) is 0 Å². The summed E-state index contributed by atoms with van der Waals surface area (Å²) in [7, 11) is 0. The van der Waals surface area contributed by atoms with Crippen LogP contribution in [0.4, 0.5) is 11.4 Å². The van der Waals surface area contributed by atoms with E-state index in [2.05, 4.69) is 5.32 Å². The number of rotatable bonds is 3. The van der Waals surface area contributed by atoms with Gasteiger partial charge in [-0.1, -0.05) is 0 Å². The second kappa shape index (κ2) is 4.14. The third-order valence-electron chi connectivity index (χ3n) is 2.03. The maximum atomic E-state index is 9.25. The molecule has 0 saturated carbocycles. The van der Waals surface area contributed by atoms with Crippen molar-refractivity contribution >= 4 is 11.4 Å². The average Bonchev–Trinajstić information content (AvgIpc) is 2.08. The molecule has 0 amide bonds. The van der Waals surface area contributed by atoms with E-state index < -0.39 is 0 Å². The fourth-order valence-electron chi connectivity index (χ4n) is 0.963. The van der Waals surface area contributed by atoms with Crippen LogP contribution in [-0.2, 0) is 0 Å². The number of nitrogens with one attached hydrogen (secondary N) is 1. The van der Waals surface area contributed by atoms with Gasteiger partial charge >= 0.3 is 0 Å². The summed E-state index contributed by atoms with van der Waals surface area (Å²) < 4.78 is 0. The zero-order chi connectivity index (χ0) is 9.84. The predicted molar refractivity (Wildman–Crippen MR) is 55.6 cm³/mol. The monoisotopic (exact) mass is 180 g/mol. The summed E-state index contributed by atoms with van der Waals surface area (Å²) in [5.74, 6) is 0. The maximum absolute atomic E-state index is 9.25. The normalized spacial score (nSPS) is 15.0. The van der Waals surface area contributed by atoms with Gasteiger partial charge in [-0.2, -0.15) is 0 Å². The molecule has 0 saturated heterocycles. The second-order valence-electron chi connectivity index (χ2n) is 3.30. The van der Waals surface area contributed by atoms with Crippen molar-refractivity contribution in [2.45, 2.75) is 26.0 Å². The van der Waals surface area contributed by atoms with Gasteiger partial charge in [-0.25, -0.2) is 0 Å². The van der Waals surface area contributed by atoms with Crippen LogP contribution in [0, 0.1) is 0 Å². The van der Waals surface area contributed by atoms with Gasteiger partial charge in [0.2, 0.25) is 0 Å². The number of nitrogens with two attached hydrogens (primary N) is 1. The molecule has 0 bridgehead atoms. The molecule has 0 aliphatic carbocycles. The Hall–Kier alpha value is -1.22. The molecular weight excluding hydrogens is 164 g/mol. The van der Waals surface area contributed by atoms with Gasteiger partial charge in [-0.15, -0.1) is 0 Å². The van der Waals surface area contributed by atoms with Crippen molar-refractivity contribution in [2.75, 3.05) is 11.1 Å². The molecule has 0 fully saturated rings. The first-order valence-corrected chi connectivity index (χ1v) is 4.39. The lowest BCUT2D eigenvalue weighted by molar-refractivity contribution is 0.178. The van der Waals surface area contributed by atoms with Crippen molar-refractivity contribution in [2.24, 2.45) is 0 Å². The smallest absolute Gasteiger partial charge is 0.0710 e. The first-order chi connectivity index (χ1) is 6.09. The summed E-state index contributed by atoms with van der Waals surface area (Å²) in [4.78, 5) is 0. The van der Waals surface area contributed by atoms with E-state index in [1.165, 1.54) is 0 Å². The number of aliphatic hydroxyl groups is 1. The van der Waals surface area contributed by atoms with Gasteiger partial charge in [-0.3, -0.25) is 0 Å². The van der Waals surface area contributed by atoms with Crippen LogP contribution < -0.4 is 11.1 Å². The Labute approximate surface area is 78.6 Å². The van der Waals surface area contributed by atoms with Crippen molar-refractivity contribution in [3.63, 3.8) is 0 Å². The molecule has 1 rings (SSSR count). The number of benzene rings is 1. The van der Waals surface area contributed by atoms with Crippen LogP contribution >= 0.6 is 0 Å². The van der Waals surface area contributed by atoms with E-state index >= 15 is 0 Å². The first kappa shape index (κ1) is 9.86. The minimum Gasteiger partial charge on any atom is -0.399 e. The Morgan fingerprint density at radius 2 is 1.77 bits per heavy atom. The van der Waals surface area contributed by atoms with Gasteiger partial charge in [0.15, 0.2) is 0 Å². The van der Waals surface area contributed by atoms with E-state index in [-0.39, 0.29) is 12.1 Å². The number of anilines is 2. The van der Waals surface area contributed by atoms with Gasteiger partial charge < -0.3 is 16.2 Å². The largest absolute Gasteiger partial charge is 0.399 e. The molecule has 2 atom stereocenters. The van der Waals surface area contributed by atoms with Crippen LogP contribution in [0.3, 0.4) is 0 Å². The molecule has 72 valence electrons. The highest BCUT2D eigenvalue weighted by atomic mass is 16.3. The maximum Gasteiger partial charge on any atom is 0.0710 e. The summed E-state index contributed by atoms with van der Waals surface area (Å²) in [6.45, 7) is 3.69. The molecule has 0 aromatic heterocycles. The standard InChI is InChI=1S/C10H16N2O/c1-7(8(2)13)12-10-5-3-9(11)4-6-10/h3-8,12-13H,11H2,1-2H3. The van der Waals surface area contributed by atoms with Gasteiger partial charge in [0.25, 0.3) is 0 Å². The van der Waals surface area contributed by atoms with E-state index in [1.807, 2.05) is 31.2 Å². The van der Waals surface area contributed by atoms with Gasteiger partial charge in [0, 0.05) is 17.4 Å². The Bertz CT molecular complexity index is 256. The summed E-state index contributed by atoms with van der Waals surface area (Å²) in [6.07, 6.45) is -0.363. The second-order valence-corrected chi connectivity index (χ2v) is 3.30. The molecule has 3 heteroatoms. The van der Waals surface area contributed by atoms with Gasteiger partial charge in [0.1, 0.15) is 0 Å². The van der Waals surface area contributed by atoms with E-state index in [9.17, 15) is 5.11 Å². The Kier molecular flexibility index (Phi) is 3.14. The van der Waals surface area contributed by atoms with Gasteiger partial charge in [-0.05, 0) is 38.1 Å². The molecule has 3 nitrogen and oxygen atoms in total. The molecular formula is C10H16N2O. The van der Waals surface area contributed by atoms with Crippen molar-refractivity contribution in [3.8, 4) is 0 Å². The molecule has 0 spiro atoms. The van der Waals surface area contributed by atoms with Crippen molar-refractivity contribution < 1.29 is 5.11 Å². The van der Waals surface area contributed by atoms with Crippen LogP contribution in [0.15, 0.2) is 24.3 Å². The van der Waals surface area contributed by atoms with Crippen LogP contribution in [0.25, 0.3) is 0 Å². The molecule has 1 aromatic carbocycles. The van der Waals surface area contributed by atoms with E-state index in [0.29, 0.717) is 0 Å². The lowest BCUT2D eigenvalue weighted by Gasteiger charge is -2.17. The topological polar surface area (TPSA) is 58.3 Å². The summed E-state index contributed by atoms with van der Waals surface area (Å²) >= 11 is 0. The zero-order valence-electron chi connectivity index (χ0n) is 7.99. The first-order valence-electron chi connectivity index (χ1n) is 4.39. The summed E-state index contributed by atoms with van der Waals surface area (Å²) in [6, 6.07) is 7.50. The number of hydrogen-bond acceptors (Lipinski definition) is 3. The van der Waals surface area contributed by atoms with E-state index in [0.717, 1.165) is 11.4 Å². The molecule has 0 aliphatic heterocycles. The Morgan fingerprint density at radius 1 is 1.23 bits per heavy atom. The van der Waals surface area contributed by atoms with E-state index in [4.69, 9.17) is 5.73 Å². The number of hydrogen-bond donors (Lipinski definition) is 3. The van der Waals surface area contributed by atoms with Crippen LogP contribution in [0.1, 0.15) is 13.8 Å². The molecule has 0 heterocycles. The van der Waals surface area contributed by atoms with Gasteiger partial charge in [0.05, 0.1) is 6.10 Å². The molecule has 0 radical (unpaired) electrons. The molecule has 0 aliphatic rings. The van der Waals surface area contributed by atoms with E-state index in [1.54, 1.807) is 6.92 Å². The van der Waals surface area contributed by atoms with Crippen molar-refractivity contribution in [1.82, 2.24) is 0 Å². The lowest BCUT2D eigenvalue weighted by Crippen LogP contribution is -2.27. The predicted octanol–water partition coefficient (Wildman–Crippen LogP) is 1.45. The van der Waals surface area contributed by atoms with Crippen LogP contribution in [0.2, 0.25) is 0 Å². The molecule has 2 unspecified atom stereocenters. The highest BCUT2D eigenvalue weighted by Gasteiger charge is 2.07. The molecule has 13 heavy (non-hydrogen) atoms. The summed E-state index contributed by atoms with van der Waals surface area (Å²) in [5.41, 5.74) is 7.26. The third kappa shape index (κ3) is 2.95. The minimum absolute atomic E-state index is 0.0450. The zero-order valence-corrected chi connectivity index (χ0v) is 7.99. The Morgan fingerprint density at radius 3 is 2.23 bits per heavy atom. The number of nitrogen functional groups attached to an aromatic ring is 1. The third-order valence-corrected chi connectivity index (χ3v) is 2.03. The average molecular weight is 180 g/mol. The minimum atomic E-state index is -0.363.